The van der Waals surface area contributed by atoms with E-state index in [1.54, 1.807) is 0 Å². The highest BCUT2D eigenvalue weighted by molar-refractivity contribution is 6.30. The normalized spacial score (nSPS) is 19.9. The van der Waals surface area contributed by atoms with Crippen LogP contribution in [0.5, 0.6) is 0 Å². The predicted octanol–water partition coefficient (Wildman–Crippen LogP) is 3.54. The molecule has 100 valence electrons. The van der Waals surface area contributed by atoms with Gasteiger partial charge in [-0.05, 0) is 37.5 Å². The van der Waals surface area contributed by atoms with Crippen LogP contribution in [-0.4, -0.2) is 18.3 Å². The Balaban J connectivity index is 1.93. The van der Waals surface area contributed by atoms with Crippen LogP contribution in [0.3, 0.4) is 0 Å². The molecule has 0 aliphatic heterocycles. The molecule has 2 N–H and O–H groups in total. The highest BCUT2D eigenvalue weighted by Crippen LogP contribution is 2.37. The van der Waals surface area contributed by atoms with Crippen LogP contribution in [0.15, 0.2) is 24.3 Å². The Labute approximate surface area is 114 Å². The minimum Gasteiger partial charge on any atom is -0.396 e. The molecule has 3 heteroatoms. The van der Waals surface area contributed by atoms with Crippen molar-refractivity contribution in [2.24, 2.45) is 5.41 Å². The topological polar surface area (TPSA) is 32.3 Å². The van der Waals surface area contributed by atoms with Gasteiger partial charge in [-0.25, -0.2) is 0 Å². The average Bonchev–Trinajstić information content (AvgIpc) is 2.85. The molecule has 0 spiro atoms. The monoisotopic (exact) mass is 267 g/mol. The molecule has 1 aliphatic carbocycles. The molecule has 1 aromatic rings. The molecule has 1 saturated carbocycles. The minimum atomic E-state index is 0.104. The third-order valence-electron chi connectivity index (χ3n) is 4.13. The van der Waals surface area contributed by atoms with Crippen LogP contribution in [0.25, 0.3) is 0 Å². The smallest absolute Gasteiger partial charge is 0.0499 e. The second-order valence-corrected chi connectivity index (χ2v) is 5.96. The van der Waals surface area contributed by atoms with E-state index in [4.69, 9.17) is 11.6 Å². The molecule has 18 heavy (non-hydrogen) atoms. The summed E-state index contributed by atoms with van der Waals surface area (Å²) in [5, 5.41) is 13.9. The summed E-state index contributed by atoms with van der Waals surface area (Å²) >= 11 is 6.00. The van der Waals surface area contributed by atoms with E-state index in [2.05, 4.69) is 18.3 Å². The summed E-state index contributed by atoms with van der Waals surface area (Å²) in [7, 11) is 0. The van der Waals surface area contributed by atoms with Crippen molar-refractivity contribution < 1.29 is 5.11 Å². The molecule has 0 radical (unpaired) electrons. The Kier molecular flexibility index (Phi) is 4.66. The van der Waals surface area contributed by atoms with Crippen molar-refractivity contribution in [2.75, 3.05) is 13.2 Å². The Hall–Kier alpha value is -0.570. The lowest BCUT2D eigenvalue weighted by molar-refractivity contribution is 0.125. The Bertz CT molecular complexity index is 388. The fraction of sp³-hybridized carbons (Fsp3) is 0.600. The molecule has 0 amide bonds. The molecule has 1 fully saturated rings. The van der Waals surface area contributed by atoms with E-state index in [-0.39, 0.29) is 11.5 Å². The number of rotatable bonds is 5. The maximum absolute atomic E-state index is 9.58. The van der Waals surface area contributed by atoms with Gasteiger partial charge in [-0.1, -0.05) is 36.6 Å². The molecule has 0 bridgehead atoms. The first-order valence-corrected chi connectivity index (χ1v) is 7.13. The van der Waals surface area contributed by atoms with Gasteiger partial charge in [0.25, 0.3) is 0 Å². The largest absolute Gasteiger partial charge is 0.396 e. The van der Waals surface area contributed by atoms with Crippen LogP contribution in [0.2, 0.25) is 5.02 Å². The number of hydrogen-bond donors (Lipinski definition) is 2. The molecule has 1 atom stereocenters. The lowest BCUT2D eigenvalue weighted by Crippen LogP contribution is -2.36. The van der Waals surface area contributed by atoms with Crippen molar-refractivity contribution in [2.45, 2.75) is 38.6 Å². The summed E-state index contributed by atoms with van der Waals surface area (Å²) in [5.41, 5.74) is 1.31. The second kappa shape index (κ2) is 6.05. The Morgan fingerprint density at radius 1 is 1.39 bits per heavy atom. The van der Waals surface area contributed by atoms with Gasteiger partial charge in [0, 0.05) is 29.6 Å². The van der Waals surface area contributed by atoms with E-state index in [0.717, 1.165) is 24.4 Å². The fourth-order valence-corrected chi connectivity index (χ4v) is 2.98. The van der Waals surface area contributed by atoms with Crippen molar-refractivity contribution in [1.29, 1.82) is 0 Å². The van der Waals surface area contributed by atoms with Crippen LogP contribution >= 0.6 is 11.6 Å². The van der Waals surface area contributed by atoms with Crippen molar-refractivity contribution in [3.63, 3.8) is 0 Å². The molecule has 0 saturated heterocycles. The van der Waals surface area contributed by atoms with Gasteiger partial charge in [0.2, 0.25) is 0 Å². The molecule has 0 aromatic heterocycles. The molecule has 0 heterocycles. The summed E-state index contributed by atoms with van der Waals surface area (Å²) in [4.78, 5) is 0. The quantitative estimate of drug-likeness (QED) is 0.855. The third-order valence-corrected chi connectivity index (χ3v) is 4.37. The molecule has 2 nitrogen and oxygen atoms in total. The van der Waals surface area contributed by atoms with E-state index in [0.29, 0.717) is 6.61 Å². The van der Waals surface area contributed by atoms with Gasteiger partial charge in [0.1, 0.15) is 0 Å². The van der Waals surface area contributed by atoms with Gasteiger partial charge in [-0.15, -0.1) is 0 Å². The van der Waals surface area contributed by atoms with Crippen LogP contribution in [0.1, 0.15) is 44.2 Å². The molecular formula is C15H22ClNO. The van der Waals surface area contributed by atoms with Gasteiger partial charge < -0.3 is 10.4 Å². The van der Waals surface area contributed by atoms with Crippen molar-refractivity contribution in [1.82, 2.24) is 5.32 Å². The molecule has 1 unspecified atom stereocenters. The lowest BCUT2D eigenvalue weighted by Gasteiger charge is -2.29. The average molecular weight is 268 g/mol. The van der Waals surface area contributed by atoms with Crippen LogP contribution in [-0.2, 0) is 0 Å². The van der Waals surface area contributed by atoms with Gasteiger partial charge in [-0.2, -0.15) is 0 Å². The zero-order chi connectivity index (χ0) is 13.0. The predicted molar refractivity (Wildman–Crippen MR) is 75.9 cm³/mol. The SMILES string of the molecule is CC(NCC1(CO)CCCC1)c1cccc(Cl)c1. The summed E-state index contributed by atoms with van der Waals surface area (Å²) in [6.07, 6.45) is 4.76. The first kappa shape index (κ1) is 13.9. The second-order valence-electron chi connectivity index (χ2n) is 5.52. The molecule has 1 aromatic carbocycles. The van der Waals surface area contributed by atoms with Crippen molar-refractivity contribution in [3.05, 3.63) is 34.9 Å². The minimum absolute atomic E-state index is 0.104. The number of benzene rings is 1. The number of nitrogens with one attached hydrogen (secondary N) is 1. The van der Waals surface area contributed by atoms with E-state index in [1.165, 1.54) is 18.4 Å². The first-order valence-electron chi connectivity index (χ1n) is 6.75. The van der Waals surface area contributed by atoms with E-state index in [1.807, 2.05) is 18.2 Å². The molecule has 1 aliphatic rings. The van der Waals surface area contributed by atoms with Crippen molar-refractivity contribution in [3.8, 4) is 0 Å². The molecule has 2 rings (SSSR count). The third kappa shape index (κ3) is 3.25. The fourth-order valence-electron chi connectivity index (χ4n) is 2.78. The number of halogens is 1. The van der Waals surface area contributed by atoms with Gasteiger partial charge >= 0.3 is 0 Å². The standard InChI is InChI=1S/C15H22ClNO/c1-12(13-5-4-6-14(16)9-13)17-10-15(11-18)7-2-3-8-15/h4-6,9,12,17-18H,2-3,7-8,10-11H2,1H3. The summed E-state index contributed by atoms with van der Waals surface area (Å²) in [6, 6.07) is 8.23. The zero-order valence-corrected chi connectivity index (χ0v) is 11.7. The van der Waals surface area contributed by atoms with Crippen LogP contribution < -0.4 is 5.32 Å². The van der Waals surface area contributed by atoms with Crippen LogP contribution in [0, 0.1) is 5.41 Å². The van der Waals surface area contributed by atoms with Crippen LogP contribution in [0.4, 0.5) is 0 Å². The van der Waals surface area contributed by atoms with Gasteiger partial charge in [-0.3, -0.25) is 0 Å². The van der Waals surface area contributed by atoms with Crippen molar-refractivity contribution >= 4 is 11.6 Å². The number of hydrogen-bond acceptors (Lipinski definition) is 2. The van der Waals surface area contributed by atoms with E-state index in [9.17, 15) is 5.11 Å². The maximum Gasteiger partial charge on any atom is 0.0499 e. The van der Waals surface area contributed by atoms with Gasteiger partial charge in [0.05, 0.1) is 0 Å². The highest BCUT2D eigenvalue weighted by Gasteiger charge is 2.33. The lowest BCUT2D eigenvalue weighted by atomic mass is 9.87. The highest BCUT2D eigenvalue weighted by atomic mass is 35.5. The summed E-state index contributed by atoms with van der Waals surface area (Å²) in [5.74, 6) is 0. The molecular weight excluding hydrogens is 246 g/mol. The maximum atomic E-state index is 9.58. The first-order chi connectivity index (χ1) is 8.65. The Morgan fingerprint density at radius 3 is 2.72 bits per heavy atom. The number of aliphatic hydroxyl groups is 1. The summed E-state index contributed by atoms with van der Waals surface area (Å²) < 4.78 is 0. The zero-order valence-electron chi connectivity index (χ0n) is 11.0. The van der Waals surface area contributed by atoms with Gasteiger partial charge in [0.15, 0.2) is 0 Å². The summed E-state index contributed by atoms with van der Waals surface area (Å²) in [6.45, 7) is 3.32. The number of aliphatic hydroxyl groups excluding tert-OH is 1. The van der Waals surface area contributed by atoms with E-state index >= 15 is 0 Å². The van der Waals surface area contributed by atoms with E-state index < -0.39 is 0 Å². The Morgan fingerprint density at radius 2 is 2.11 bits per heavy atom.